The summed E-state index contributed by atoms with van der Waals surface area (Å²) in [7, 11) is 2.84. The molecule has 176 valence electrons. The van der Waals surface area contributed by atoms with Crippen LogP contribution in [-0.4, -0.2) is 25.0 Å². The molecule has 0 aliphatic rings. The Hall–Kier alpha value is -3.51. The summed E-state index contributed by atoms with van der Waals surface area (Å²) in [5, 5.41) is 4.24. The Morgan fingerprint density at radius 2 is 1.91 bits per heavy atom. The summed E-state index contributed by atoms with van der Waals surface area (Å²) >= 11 is 6.85. The zero-order chi connectivity index (χ0) is 24.8. The number of nitrogens with zero attached hydrogens (tertiary/aromatic N) is 4. The van der Waals surface area contributed by atoms with Crippen LogP contribution in [0, 0.1) is 0 Å². The van der Waals surface area contributed by atoms with Crippen molar-refractivity contribution in [3.8, 4) is 11.3 Å². The van der Waals surface area contributed by atoms with E-state index < -0.39 is 28.9 Å². The van der Waals surface area contributed by atoms with Crippen molar-refractivity contribution < 1.29 is 18.0 Å². The van der Waals surface area contributed by atoms with Crippen molar-refractivity contribution in [2.24, 2.45) is 14.1 Å². The molecule has 1 N–H and O–H groups in total. The van der Waals surface area contributed by atoms with Gasteiger partial charge in [-0.1, -0.05) is 11.6 Å². The molecule has 0 bridgehead atoms. The van der Waals surface area contributed by atoms with Crippen LogP contribution in [0.3, 0.4) is 0 Å². The first-order valence-electron chi connectivity index (χ1n) is 9.63. The molecule has 4 aromatic rings. The second-order valence-corrected chi connectivity index (χ2v) is 8.64. The van der Waals surface area contributed by atoms with Gasteiger partial charge in [0.1, 0.15) is 0 Å². The summed E-state index contributed by atoms with van der Waals surface area (Å²) in [5.41, 5.74) is -1.13. The Morgan fingerprint density at radius 1 is 1.18 bits per heavy atom. The first kappa shape index (κ1) is 23.6. The van der Waals surface area contributed by atoms with Crippen molar-refractivity contribution in [3.05, 3.63) is 73.0 Å². The summed E-state index contributed by atoms with van der Waals surface area (Å²) < 4.78 is 41.4. The molecular formula is C21H15ClF3N5O3S. The lowest BCUT2D eigenvalue weighted by atomic mass is 10.1. The van der Waals surface area contributed by atoms with E-state index in [1.807, 2.05) is 0 Å². The van der Waals surface area contributed by atoms with Gasteiger partial charge in [0.2, 0.25) is 5.91 Å². The number of carbonyl (C=O) groups is 1. The van der Waals surface area contributed by atoms with Gasteiger partial charge in [-0.15, -0.1) is 11.3 Å². The monoisotopic (exact) mass is 509 g/mol. The molecule has 1 amide bonds. The van der Waals surface area contributed by atoms with Crippen LogP contribution in [0.2, 0.25) is 5.02 Å². The van der Waals surface area contributed by atoms with Gasteiger partial charge in [-0.25, -0.2) is 9.78 Å². The zero-order valence-electron chi connectivity index (χ0n) is 17.6. The number of carbonyl (C=O) groups excluding carboxylic acids is 1. The predicted octanol–water partition coefficient (Wildman–Crippen LogP) is 3.61. The maximum Gasteiger partial charge on any atom is 0.416 e. The number of benzene rings is 1. The fourth-order valence-corrected chi connectivity index (χ4v) is 4.37. The van der Waals surface area contributed by atoms with Crippen molar-refractivity contribution in [3.63, 3.8) is 0 Å². The molecule has 3 aromatic heterocycles. The second-order valence-electron chi connectivity index (χ2n) is 7.35. The molecular weight excluding hydrogens is 495 g/mol. The van der Waals surface area contributed by atoms with E-state index in [0.29, 0.717) is 5.52 Å². The number of rotatable bonds is 4. The SMILES string of the molecule is Cn1c(=O)c2c(CC(=O)Nc3nc(-c4cc(Cl)cc(C(F)(F)F)c4)cs3)nccc2n(C)c1=O. The van der Waals surface area contributed by atoms with E-state index in [-0.39, 0.29) is 38.9 Å². The number of hydrogen-bond acceptors (Lipinski definition) is 6. The second kappa shape index (κ2) is 8.69. The van der Waals surface area contributed by atoms with Crippen molar-refractivity contribution in [1.82, 2.24) is 19.1 Å². The fraction of sp³-hybridized carbons (Fsp3) is 0.190. The third-order valence-electron chi connectivity index (χ3n) is 5.06. The van der Waals surface area contributed by atoms with Gasteiger partial charge >= 0.3 is 11.9 Å². The van der Waals surface area contributed by atoms with Gasteiger partial charge in [0.15, 0.2) is 5.13 Å². The molecule has 0 fully saturated rings. The summed E-state index contributed by atoms with van der Waals surface area (Å²) in [6.45, 7) is 0. The maximum absolute atomic E-state index is 13.1. The van der Waals surface area contributed by atoms with Crippen molar-refractivity contribution in [1.29, 1.82) is 0 Å². The first-order chi connectivity index (χ1) is 16.0. The van der Waals surface area contributed by atoms with Crippen LogP contribution in [0.25, 0.3) is 22.2 Å². The number of amides is 1. The molecule has 0 aliphatic carbocycles. The molecule has 0 radical (unpaired) electrons. The van der Waals surface area contributed by atoms with Gasteiger partial charge in [-0.05, 0) is 24.3 Å². The molecule has 0 aliphatic heterocycles. The Kier molecular flexibility index (Phi) is 6.04. The molecule has 34 heavy (non-hydrogen) atoms. The minimum atomic E-state index is -4.57. The quantitative estimate of drug-likeness (QED) is 0.453. The highest BCUT2D eigenvalue weighted by Gasteiger charge is 2.31. The Bertz CT molecular complexity index is 1560. The molecule has 1 aromatic carbocycles. The van der Waals surface area contributed by atoms with Gasteiger partial charge < -0.3 is 5.32 Å². The molecule has 8 nitrogen and oxygen atoms in total. The number of halogens is 4. The number of hydrogen-bond donors (Lipinski definition) is 1. The molecule has 4 rings (SSSR count). The van der Waals surface area contributed by atoms with Crippen molar-refractivity contribution >= 4 is 44.9 Å². The van der Waals surface area contributed by atoms with Crippen LogP contribution in [-0.2, 0) is 31.5 Å². The zero-order valence-corrected chi connectivity index (χ0v) is 19.2. The summed E-state index contributed by atoms with van der Waals surface area (Å²) in [6, 6.07) is 4.59. The number of aromatic nitrogens is 4. The van der Waals surface area contributed by atoms with Crippen LogP contribution in [0.4, 0.5) is 18.3 Å². The lowest BCUT2D eigenvalue weighted by molar-refractivity contribution is -0.137. The number of fused-ring (bicyclic) bond motifs is 1. The third-order valence-corrected chi connectivity index (χ3v) is 6.04. The van der Waals surface area contributed by atoms with Crippen molar-refractivity contribution in [2.45, 2.75) is 12.6 Å². The Balaban J connectivity index is 1.60. The molecule has 0 atom stereocenters. The Labute approximate surface area is 198 Å². The van der Waals surface area contributed by atoms with Gasteiger partial charge in [-0.3, -0.25) is 23.7 Å². The van der Waals surface area contributed by atoms with E-state index in [2.05, 4.69) is 15.3 Å². The highest BCUT2D eigenvalue weighted by atomic mass is 35.5. The number of thiazole rings is 1. The normalized spacial score (nSPS) is 11.7. The fourth-order valence-electron chi connectivity index (χ4n) is 3.40. The number of alkyl halides is 3. The van der Waals surface area contributed by atoms with E-state index in [4.69, 9.17) is 11.6 Å². The molecule has 0 saturated heterocycles. The van der Waals surface area contributed by atoms with Gasteiger partial charge in [0.25, 0.3) is 5.56 Å². The van der Waals surface area contributed by atoms with Crippen LogP contribution in [0.1, 0.15) is 11.3 Å². The largest absolute Gasteiger partial charge is 0.416 e. The van der Waals surface area contributed by atoms with Crippen LogP contribution >= 0.6 is 22.9 Å². The van der Waals surface area contributed by atoms with Gasteiger partial charge in [0, 0.05) is 36.3 Å². The van der Waals surface area contributed by atoms with Gasteiger partial charge in [-0.2, -0.15) is 13.2 Å². The van der Waals surface area contributed by atoms with E-state index in [9.17, 15) is 27.6 Å². The summed E-state index contributed by atoms with van der Waals surface area (Å²) in [6.07, 6.45) is -3.46. The average molecular weight is 510 g/mol. The van der Waals surface area contributed by atoms with Crippen LogP contribution in [0.15, 0.2) is 45.4 Å². The number of nitrogens with one attached hydrogen (secondary N) is 1. The number of aryl methyl sites for hydroxylation is 1. The lowest BCUT2D eigenvalue weighted by Crippen LogP contribution is -2.37. The predicted molar refractivity (Wildman–Crippen MR) is 122 cm³/mol. The first-order valence-corrected chi connectivity index (χ1v) is 10.9. The van der Waals surface area contributed by atoms with Crippen molar-refractivity contribution in [2.75, 3.05) is 5.32 Å². The third kappa shape index (κ3) is 4.46. The van der Waals surface area contributed by atoms with E-state index >= 15 is 0 Å². The molecule has 0 spiro atoms. The minimum Gasteiger partial charge on any atom is -0.302 e. The highest BCUT2D eigenvalue weighted by molar-refractivity contribution is 7.14. The molecule has 0 unspecified atom stereocenters. The summed E-state index contributed by atoms with van der Waals surface area (Å²) in [4.78, 5) is 45.7. The average Bonchev–Trinajstić information content (AvgIpc) is 3.23. The van der Waals surface area contributed by atoms with E-state index in [1.54, 1.807) is 0 Å². The highest BCUT2D eigenvalue weighted by Crippen LogP contribution is 2.35. The number of anilines is 1. The molecule has 3 heterocycles. The smallest absolute Gasteiger partial charge is 0.302 e. The Morgan fingerprint density at radius 3 is 2.62 bits per heavy atom. The van der Waals surface area contributed by atoms with Crippen LogP contribution < -0.4 is 16.6 Å². The maximum atomic E-state index is 13.1. The standard InChI is InChI=1S/C21H15ClF3N5O3S/c1-29-15-3-4-26-13(17(15)18(32)30(2)20(29)33)8-16(31)28-19-27-14(9-34-19)10-5-11(21(23,24)25)7-12(22)6-10/h3-7,9H,8H2,1-2H3,(H,27,28,31). The van der Waals surface area contributed by atoms with E-state index in [1.165, 1.54) is 42.4 Å². The molecule has 13 heteroatoms. The molecule has 0 saturated carbocycles. The number of pyridine rings is 1. The summed E-state index contributed by atoms with van der Waals surface area (Å²) in [5.74, 6) is -0.543. The van der Waals surface area contributed by atoms with Crippen LogP contribution in [0.5, 0.6) is 0 Å². The topological polar surface area (TPSA) is 98.9 Å². The van der Waals surface area contributed by atoms with E-state index in [0.717, 1.165) is 28.0 Å². The van der Waals surface area contributed by atoms with Gasteiger partial charge in [0.05, 0.1) is 34.3 Å². The minimum absolute atomic E-state index is 0.0959. The lowest BCUT2D eigenvalue weighted by Gasteiger charge is -2.10.